The molecule has 1 aromatic rings. The number of ether oxygens (including phenoxy) is 1. The van der Waals surface area contributed by atoms with Crippen LogP contribution >= 0.6 is 0 Å². The number of nitrogens with zero attached hydrogens (tertiary/aromatic N) is 1. The molecule has 23 heavy (non-hydrogen) atoms. The quantitative estimate of drug-likeness (QED) is 0.825. The molecule has 0 bridgehead atoms. The highest BCUT2D eigenvalue weighted by Crippen LogP contribution is 2.30. The molecule has 0 spiro atoms. The molecule has 1 fully saturated rings. The first-order valence-electron chi connectivity index (χ1n) is 8.06. The molecule has 0 amide bonds. The summed E-state index contributed by atoms with van der Waals surface area (Å²) in [6, 6.07) is 5.42. The van der Waals surface area contributed by atoms with E-state index in [0.717, 1.165) is 30.9 Å². The van der Waals surface area contributed by atoms with Gasteiger partial charge in [0.2, 0.25) is 0 Å². The summed E-state index contributed by atoms with van der Waals surface area (Å²) in [6.07, 6.45) is 1.63. The molecule has 3 rings (SSSR count). The number of carbonyl (C=O) groups excluding carboxylic acids is 1. The zero-order chi connectivity index (χ0) is 16.4. The van der Waals surface area contributed by atoms with Crippen LogP contribution in [0.4, 0.5) is 5.69 Å². The number of fused-ring (bicyclic) bond motifs is 1. The normalized spacial score (nSPS) is 24.2. The van der Waals surface area contributed by atoms with Gasteiger partial charge in [-0.3, -0.25) is 14.5 Å². The lowest BCUT2D eigenvalue weighted by atomic mass is 9.97. The number of aliphatic carboxylic acids is 1. The topological polar surface area (TPSA) is 78.9 Å². The van der Waals surface area contributed by atoms with Crippen LogP contribution in [-0.2, 0) is 4.79 Å². The van der Waals surface area contributed by atoms with Crippen LogP contribution in [0.1, 0.15) is 30.1 Å². The van der Waals surface area contributed by atoms with E-state index in [-0.39, 0.29) is 24.3 Å². The average Bonchev–Trinajstić information content (AvgIpc) is 2.54. The van der Waals surface area contributed by atoms with Gasteiger partial charge >= 0.3 is 5.97 Å². The van der Waals surface area contributed by atoms with Gasteiger partial charge in [-0.15, -0.1) is 0 Å². The molecule has 1 saturated heterocycles. The fourth-order valence-corrected chi connectivity index (χ4v) is 3.15. The number of benzene rings is 1. The van der Waals surface area contributed by atoms with Crippen LogP contribution in [-0.4, -0.2) is 54.0 Å². The van der Waals surface area contributed by atoms with Gasteiger partial charge < -0.3 is 15.2 Å². The highest BCUT2D eigenvalue weighted by Gasteiger charge is 2.27. The van der Waals surface area contributed by atoms with Crippen molar-refractivity contribution in [3.63, 3.8) is 0 Å². The standard InChI is InChI=1S/C17H22N2O4/c1-11-8-18-14-7-12(4-5-16(14)23-11)15(20)10-19-6-2-3-13(9-19)17(21)22/h4-5,7,11,13,18H,2-3,6,8-10H2,1H3,(H,21,22). The van der Waals surface area contributed by atoms with Crippen LogP contribution in [0.3, 0.4) is 0 Å². The molecule has 0 radical (unpaired) electrons. The molecule has 2 heterocycles. The lowest BCUT2D eigenvalue weighted by Crippen LogP contribution is -2.41. The third kappa shape index (κ3) is 3.64. The van der Waals surface area contributed by atoms with Crippen molar-refractivity contribution in [2.75, 3.05) is 31.5 Å². The van der Waals surface area contributed by atoms with Gasteiger partial charge in [-0.05, 0) is 44.5 Å². The first kappa shape index (κ1) is 15.8. The van der Waals surface area contributed by atoms with Gasteiger partial charge in [0.25, 0.3) is 0 Å². The number of carboxylic acid groups (broad SMARTS) is 1. The van der Waals surface area contributed by atoms with Gasteiger partial charge in [-0.1, -0.05) is 0 Å². The van der Waals surface area contributed by atoms with Gasteiger partial charge in [0, 0.05) is 12.1 Å². The number of likely N-dealkylation sites (tertiary alicyclic amines) is 1. The predicted octanol–water partition coefficient (Wildman–Crippen LogP) is 1.86. The molecule has 6 heteroatoms. The Kier molecular flexibility index (Phi) is 4.52. The number of rotatable bonds is 4. The summed E-state index contributed by atoms with van der Waals surface area (Å²) in [4.78, 5) is 25.5. The number of Topliss-reactive ketones (excluding diaryl/α,β-unsaturated/α-hetero) is 1. The number of hydrogen-bond donors (Lipinski definition) is 2. The van der Waals surface area contributed by atoms with Gasteiger partial charge in [-0.2, -0.15) is 0 Å². The van der Waals surface area contributed by atoms with Crippen molar-refractivity contribution in [2.24, 2.45) is 5.92 Å². The molecule has 124 valence electrons. The lowest BCUT2D eigenvalue weighted by molar-refractivity contribution is -0.143. The Morgan fingerprint density at radius 3 is 3.04 bits per heavy atom. The summed E-state index contributed by atoms with van der Waals surface area (Å²) in [5.74, 6) is -0.355. The average molecular weight is 318 g/mol. The maximum absolute atomic E-state index is 12.5. The number of nitrogens with one attached hydrogen (secondary N) is 1. The van der Waals surface area contributed by atoms with E-state index in [9.17, 15) is 9.59 Å². The summed E-state index contributed by atoms with van der Waals surface area (Å²) in [5, 5.41) is 12.4. The summed E-state index contributed by atoms with van der Waals surface area (Å²) in [5.41, 5.74) is 1.47. The smallest absolute Gasteiger partial charge is 0.307 e. The summed E-state index contributed by atoms with van der Waals surface area (Å²) >= 11 is 0. The number of carbonyl (C=O) groups is 2. The molecule has 2 N–H and O–H groups in total. The van der Waals surface area contributed by atoms with Gasteiger partial charge in [0.05, 0.1) is 24.7 Å². The van der Waals surface area contributed by atoms with Gasteiger partial charge in [-0.25, -0.2) is 0 Å². The second-order valence-electron chi connectivity index (χ2n) is 6.36. The molecule has 2 aliphatic rings. The molecule has 2 unspecified atom stereocenters. The Hall–Kier alpha value is -2.08. The first-order chi connectivity index (χ1) is 11.0. The van der Waals surface area contributed by atoms with Crippen molar-refractivity contribution < 1.29 is 19.4 Å². The van der Waals surface area contributed by atoms with Crippen LogP contribution in [0.25, 0.3) is 0 Å². The van der Waals surface area contributed by atoms with E-state index in [0.29, 0.717) is 18.5 Å². The van der Waals surface area contributed by atoms with E-state index in [1.165, 1.54) is 0 Å². The predicted molar refractivity (Wildman–Crippen MR) is 86.2 cm³/mol. The Labute approximate surface area is 135 Å². The highest BCUT2D eigenvalue weighted by atomic mass is 16.5. The molecule has 0 aliphatic carbocycles. The number of piperidine rings is 1. The molecule has 2 atom stereocenters. The van der Waals surface area contributed by atoms with Crippen molar-refractivity contribution >= 4 is 17.4 Å². The monoisotopic (exact) mass is 318 g/mol. The summed E-state index contributed by atoms with van der Waals surface area (Å²) < 4.78 is 5.71. The van der Waals surface area contributed by atoms with Crippen LogP contribution < -0.4 is 10.1 Å². The molecule has 2 aliphatic heterocycles. The minimum atomic E-state index is -0.772. The van der Waals surface area contributed by atoms with Crippen molar-refractivity contribution in [3.05, 3.63) is 23.8 Å². The molecule has 6 nitrogen and oxygen atoms in total. The van der Waals surface area contributed by atoms with Crippen LogP contribution in [0, 0.1) is 5.92 Å². The number of anilines is 1. The molecular formula is C17H22N2O4. The van der Waals surface area contributed by atoms with Crippen LogP contribution in [0.2, 0.25) is 0 Å². The fourth-order valence-electron chi connectivity index (χ4n) is 3.15. The summed E-state index contributed by atoms with van der Waals surface area (Å²) in [7, 11) is 0. The van der Waals surface area contributed by atoms with Crippen LogP contribution in [0.15, 0.2) is 18.2 Å². The zero-order valence-electron chi connectivity index (χ0n) is 13.2. The second-order valence-corrected chi connectivity index (χ2v) is 6.36. The van der Waals surface area contributed by atoms with Crippen molar-refractivity contribution in [2.45, 2.75) is 25.9 Å². The highest BCUT2D eigenvalue weighted by molar-refractivity contribution is 5.99. The SMILES string of the molecule is CC1CNc2cc(C(=O)CN3CCCC(C(=O)O)C3)ccc2O1. The van der Waals surface area contributed by atoms with Crippen molar-refractivity contribution in [1.29, 1.82) is 0 Å². The van der Waals surface area contributed by atoms with E-state index in [2.05, 4.69) is 5.32 Å². The van der Waals surface area contributed by atoms with Crippen molar-refractivity contribution in [1.82, 2.24) is 4.90 Å². The summed E-state index contributed by atoms with van der Waals surface area (Å²) in [6.45, 7) is 4.20. The second kappa shape index (κ2) is 6.58. The van der Waals surface area contributed by atoms with Gasteiger partial charge in [0.15, 0.2) is 5.78 Å². The third-order valence-corrected chi connectivity index (χ3v) is 4.43. The van der Waals surface area contributed by atoms with Crippen LogP contribution in [0.5, 0.6) is 5.75 Å². The van der Waals surface area contributed by atoms with Gasteiger partial charge in [0.1, 0.15) is 11.9 Å². The Morgan fingerprint density at radius 1 is 1.43 bits per heavy atom. The molecular weight excluding hydrogens is 296 g/mol. The Bertz CT molecular complexity index is 617. The zero-order valence-corrected chi connectivity index (χ0v) is 13.2. The largest absolute Gasteiger partial charge is 0.487 e. The van der Waals surface area contributed by atoms with Crippen molar-refractivity contribution in [3.8, 4) is 5.75 Å². The number of ketones is 1. The fraction of sp³-hybridized carbons (Fsp3) is 0.529. The van der Waals surface area contributed by atoms with E-state index in [4.69, 9.17) is 9.84 Å². The molecule has 1 aromatic carbocycles. The Balaban J connectivity index is 1.65. The maximum atomic E-state index is 12.5. The Morgan fingerprint density at radius 2 is 2.26 bits per heavy atom. The molecule has 0 aromatic heterocycles. The minimum Gasteiger partial charge on any atom is -0.487 e. The van der Waals surface area contributed by atoms with E-state index in [1.807, 2.05) is 24.0 Å². The van der Waals surface area contributed by atoms with E-state index >= 15 is 0 Å². The van der Waals surface area contributed by atoms with E-state index in [1.54, 1.807) is 6.07 Å². The first-order valence-corrected chi connectivity index (χ1v) is 8.06. The maximum Gasteiger partial charge on any atom is 0.307 e. The number of hydrogen-bond acceptors (Lipinski definition) is 5. The third-order valence-electron chi connectivity index (χ3n) is 4.43. The minimum absolute atomic E-state index is 0.0132. The lowest BCUT2D eigenvalue weighted by Gasteiger charge is -2.30. The van der Waals surface area contributed by atoms with E-state index < -0.39 is 5.97 Å². The molecule has 0 saturated carbocycles. The number of carboxylic acids is 1.